The molecule has 1 heterocycles. The van der Waals surface area contributed by atoms with Crippen molar-refractivity contribution in [3.05, 3.63) is 69.7 Å². The largest absolute Gasteiger partial charge is 0.416 e. The lowest BCUT2D eigenvalue weighted by Gasteiger charge is -2.34. The van der Waals surface area contributed by atoms with Crippen LogP contribution in [0, 0.1) is 0 Å². The predicted molar refractivity (Wildman–Crippen MR) is 108 cm³/mol. The maximum absolute atomic E-state index is 13.7. The van der Waals surface area contributed by atoms with E-state index in [1.165, 1.54) is 12.1 Å². The standard InChI is InChI=1S/C22H24ClF3N2O/c1-2-27-8-10-28(11-9-27)15-18-7-6-16(12-20(18)22(24,25)26)13-21(29)17-4-3-5-19(23)14-17/h3-7,12,14H,2,8-11,13,15H2,1H3. The summed E-state index contributed by atoms with van der Waals surface area (Å²) >= 11 is 5.90. The number of carbonyl (C=O) groups excluding carboxylic acids is 1. The van der Waals surface area contributed by atoms with Gasteiger partial charge in [0.25, 0.3) is 0 Å². The van der Waals surface area contributed by atoms with Crippen LogP contribution < -0.4 is 0 Å². The van der Waals surface area contributed by atoms with Crippen LogP contribution in [0.4, 0.5) is 13.2 Å². The average Bonchev–Trinajstić information content (AvgIpc) is 2.69. The first kappa shape index (κ1) is 21.8. The van der Waals surface area contributed by atoms with Crippen molar-refractivity contribution in [2.75, 3.05) is 32.7 Å². The highest BCUT2D eigenvalue weighted by Crippen LogP contribution is 2.34. The molecular formula is C22H24ClF3N2O. The van der Waals surface area contributed by atoms with Gasteiger partial charge in [-0.15, -0.1) is 0 Å². The minimum Gasteiger partial charge on any atom is -0.301 e. The number of likely N-dealkylation sites (N-methyl/N-ethyl adjacent to an activating group) is 1. The van der Waals surface area contributed by atoms with Crippen molar-refractivity contribution in [1.29, 1.82) is 0 Å². The third-order valence-electron chi connectivity index (χ3n) is 5.30. The molecule has 0 N–H and O–H groups in total. The van der Waals surface area contributed by atoms with Gasteiger partial charge in [0.2, 0.25) is 0 Å². The van der Waals surface area contributed by atoms with E-state index in [2.05, 4.69) is 11.8 Å². The van der Waals surface area contributed by atoms with Gasteiger partial charge in [-0.2, -0.15) is 13.2 Å². The Morgan fingerprint density at radius 1 is 1.03 bits per heavy atom. The molecule has 3 rings (SSSR count). The molecule has 0 bridgehead atoms. The molecule has 0 radical (unpaired) electrons. The van der Waals surface area contributed by atoms with Gasteiger partial charge in [-0.3, -0.25) is 9.69 Å². The fraction of sp³-hybridized carbons (Fsp3) is 0.409. The van der Waals surface area contributed by atoms with E-state index in [0.29, 0.717) is 16.1 Å². The van der Waals surface area contributed by atoms with E-state index < -0.39 is 11.7 Å². The Bertz CT molecular complexity index is 861. The Morgan fingerprint density at radius 2 is 1.72 bits per heavy atom. The quantitative estimate of drug-likeness (QED) is 0.615. The third-order valence-corrected chi connectivity index (χ3v) is 5.53. The van der Waals surface area contributed by atoms with Crippen LogP contribution in [0.5, 0.6) is 0 Å². The molecule has 1 saturated heterocycles. The van der Waals surface area contributed by atoms with Gasteiger partial charge in [0.15, 0.2) is 5.78 Å². The van der Waals surface area contributed by atoms with E-state index >= 15 is 0 Å². The molecule has 1 aliphatic rings. The monoisotopic (exact) mass is 424 g/mol. The molecule has 0 amide bonds. The van der Waals surface area contributed by atoms with E-state index in [1.54, 1.807) is 24.3 Å². The van der Waals surface area contributed by atoms with Crippen LogP contribution in [0.3, 0.4) is 0 Å². The van der Waals surface area contributed by atoms with Gasteiger partial charge in [0.05, 0.1) is 5.56 Å². The number of halogens is 4. The van der Waals surface area contributed by atoms with Crippen molar-refractivity contribution in [2.45, 2.75) is 26.1 Å². The van der Waals surface area contributed by atoms with Crippen LogP contribution in [-0.4, -0.2) is 48.3 Å². The smallest absolute Gasteiger partial charge is 0.301 e. The summed E-state index contributed by atoms with van der Waals surface area (Å²) in [5.74, 6) is -0.260. The van der Waals surface area contributed by atoms with E-state index in [9.17, 15) is 18.0 Å². The molecule has 0 spiro atoms. The summed E-state index contributed by atoms with van der Waals surface area (Å²) in [5.41, 5.74) is 0.332. The van der Waals surface area contributed by atoms with Crippen molar-refractivity contribution in [2.24, 2.45) is 0 Å². The molecule has 156 valence electrons. The maximum atomic E-state index is 13.7. The Hall–Kier alpha value is -1.89. The van der Waals surface area contributed by atoms with Crippen LogP contribution in [0.1, 0.15) is 34.0 Å². The topological polar surface area (TPSA) is 23.6 Å². The van der Waals surface area contributed by atoms with Crippen LogP contribution in [0.2, 0.25) is 5.02 Å². The van der Waals surface area contributed by atoms with Gasteiger partial charge < -0.3 is 4.90 Å². The summed E-state index contributed by atoms with van der Waals surface area (Å²) in [4.78, 5) is 16.8. The first-order valence-electron chi connectivity index (χ1n) is 9.68. The Balaban J connectivity index is 1.76. The molecule has 7 heteroatoms. The van der Waals surface area contributed by atoms with Gasteiger partial charge in [-0.1, -0.05) is 42.8 Å². The SMILES string of the molecule is CCN1CCN(Cc2ccc(CC(=O)c3cccc(Cl)c3)cc2C(F)(F)F)CC1. The summed E-state index contributed by atoms with van der Waals surface area (Å²) in [7, 11) is 0. The van der Waals surface area contributed by atoms with Gasteiger partial charge in [0, 0.05) is 49.7 Å². The lowest BCUT2D eigenvalue weighted by atomic mass is 9.97. The molecule has 0 aromatic heterocycles. The Labute approximate surface area is 174 Å². The first-order valence-corrected chi connectivity index (χ1v) is 10.1. The molecule has 0 atom stereocenters. The van der Waals surface area contributed by atoms with Crippen molar-refractivity contribution in [1.82, 2.24) is 9.80 Å². The number of nitrogens with zero attached hydrogens (tertiary/aromatic N) is 2. The zero-order chi connectivity index (χ0) is 21.0. The van der Waals surface area contributed by atoms with Gasteiger partial charge in [0.1, 0.15) is 0 Å². The summed E-state index contributed by atoms with van der Waals surface area (Å²) in [5, 5.41) is 0.422. The molecule has 0 aliphatic carbocycles. The van der Waals surface area contributed by atoms with Gasteiger partial charge in [-0.25, -0.2) is 0 Å². The predicted octanol–water partition coefficient (Wildman–Crippen LogP) is 4.92. The highest BCUT2D eigenvalue weighted by Gasteiger charge is 2.34. The maximum Gasteiger partial charge on any atom is 0.416 e. The number of carbonyl (C=O) groups is 1. The summed E-state index contributed by atoms with van der Waals surface area (Å²) in [6.07, 6.45) is -4.56. The van der Waals surface area contributed by atoms with E-state index in [1.807, 2.05) is 4.90 Å². The number of rotatable bonds is 6. The number of hydrogen-bond acceptors (Lipinski definition) is 3. The Kier molecular flexibility index (Phi) is 6.98. The molecule has 1 aliphatic heterocycles. The van der Waals surface area contributed by atoms with Crippen LogP contribution in [0.25, 0.3) is 0 Å². The number of Topliss-reactive ketones (excluding diaryl/α,β-unsaturated/α-hetero) is 1. The zero-order valence-corrected chi connectivity index (χ0v) is 17.1. The van der Waals surface area contributed by atoms with Crippen molar-refractivity contribution >= 4 is 17.4 Å². The minimum absolute atomic E-state index is 0.0983. The molecule has 2 aromatic rings. The van der Waals surface area contributed by atoms with Crippen LogP contribution >= 0.6 is 11.6 Å². The number of benzene rings is 2. The Morgan fingerprint density at radius 3 is 2.34 bits per heavy atom. The third kappa shape index (κ3) is 5.81. The second-order valence-corrected chi connectivity index (χ2v) is 7.75. The van der Waals surface area contributed by atoms with Crippen molar-refractivity contribution in [3.8, 4) is 0 Å². The first-order chi connectivity index (χ1) is 13.8. The lowest BCUT2D eigenvalue weighted by Crippen LogP contribution is -2.45. The molecule has 1 fully saturated rings. The van der Waals surface area contributed by atoms with Gasteiger partial charge in [-0.05, 0) is 35.9 Å². The van der Waals surface area contributed by atoms with Crippen molar-refractivity contribution in [3.63, 3.8) is 0 Å². The molecule has 3 nitrogen and oxygen atoms in total. The molecular weight excluding hydrogens is 401 g/mol. The molecule has 2 aromatic carbocycles. The van der Waals surface area contributed by atoms with Crippen LogP contribution in [-0.2, 0) is 19.1 Å². The summed E-state index contributed by atoms with van der Waals surface area (Å²) < 4.78 is 41.1. The second-order valence-electron chi connectivity index (χ2n) is 7.31. The van der Waals surface area contributed by atoms with E-state index in [4.69, 9.17) is 11.6 Å². The number of ketones is 1. The number of hydrogen-bond donors (Lipinski definition) is 0. The molecule has 0 saturated carbocycles. The molecule has 0 unspecified atom stereocenters. The van der Waals surface area contributed by atoms with E-state index in [-0.39, 0.29) is 24.3 Å². The molecule has 29 heavy (non-hydrogen) atoms. The zero-order valence-electron chi connectivity index (χ0n) is 16.3. The average molecular weight is 425 g/mol. The minimum atomic E-state index is -4.46. The van der Waals surface area contributed by atoms with Crippen molar-refractivity contribution < 1.29 is 18.0 Å². The lowest BCUT2D eigenvalue weighted by molar-refractivity contribution is -0.138. The number of alkyl halides is 3. The second kappa shape index (κ2) is 9.28. The fourth-order valence-corrected chi connectivity index (χ4v) is 3.78. The van der Waals surface area contributed by atoms with Crippen LogP contribution in [0.15, 0.2) is 42.5 Å². The summed E-state index contributed by atoms with van der Waals surface area (Å²) in [6, 6.07) is 10.7. The summed E-state index contributed by atoms with van der Waals surface area (Å²) in [6.45, 7) is 6.53. The van der Waals surface area contributed by atoms with Gasteiger partial charge >= 0.3 is 6.18 Å². The fourth-order valence-electron chi connectivity index (χ4n) is 3.59. The van der Waals surface area contributed by atoms with E-state index in [0.717, 1.165) is 38.8 Å². The normalized spacial score (nSPS) is 16.2. The highest BCUT2D eigenvalue weighted by molar-refractivity contribution is 6.31. The number of piperazine rings is 1. The highest BCUT2D eigenvalue weighted by atomic mass is 35.5.